The van der Waals surface area contributed by atoms with Gasteiger partial charge in [0.1, 0.15) is 18.2 Å². The van der Waals surface area contributed by atoms with Gasteiger partial charge >= 0.3 is 0 Å². The third-order valence-electron chi connectivity index (χ3n) is 3.73. The highest BCUT2D eigenvalue weighted by molar-refractivity contribution is 5.49. The highest BCUT2D eigenvalue weighted by Gasteiger charge is 2.23. The largest absolute Gasteiger partial charge is 0.374 e. The van der Waals surface area contributed by atoms with E-state index in [1.807, 2.05) is 13.0 Å². The molecular formula is C15H26N4O. The summed E-state index contributed by atoms with van der Waals surface area (Å²) in [6.45, 7) is 6.22. The van der Waals surface area contributed by atoms with Gasteiger partial charge in [0.15, 0.2) is 5.82 Å². The number of anilines is 2. The van der Waals surface area contributed by atoms with Crippen LogP contribution < -0.4 is 10.2 Å². The monoisotopic (exact) mass is 278 g/mol. The van der Waals surface area contributed by atoms with E-state index >= 15 is 0 Å². The smallest absolute Gasteiger partial charge is 0.158 e. The fourth-order valence-corrected chi connectivity index (χ4v) is 2.23. The van der Waals surface area contributed by atoms with Crippen molar-refractivity contribution in [1.82, 2.24) is 9.97 Å². The maximum absolute atomic E-state index is 5.44. The lowest BCUT2D eigenvalue weighted by atomic mass is 9.92. The van der Waals surface area contributed by atoms with Crippen LogP contribution in [0.15, 0.2) is 6.07 Å². The van der Waals surface area contributed by atoms with Gasteiger partial charge in [-0.15, -0.1) is 0 Å². The van der Waals surface area contributed by atoms with Crippen molar-refractivity contribution in [1.29, 1.82) is 0 Å². The summed E-state index contributed by atoms with van der Waals surface area (Å²) in [7, 11) is 2.13. The van der Waals surface area contributed by atoms with E-state index in [1.165, 1.54) is 19.3 Å². The second kappa shape index (κ2) is 7.43. The summed E-state index contributed by atoms with van der Waals surface area (Å²) in [4.78, 5) is 11.4. The van der Waals surface area contributed by atoms with E-state index in [4.69, 9.17) is 4.74 Å². The highest BCUT2D eigenvalue weighted by atomic mass is 16.5. The Bertz CT molecular complexity index is 394. The third-order valence-corrected chi connectivity index (χ3v) is 3.73. The first-order valence-electron chi connectivity index (χ1n) is 7.67. The Morgan fingerprint density at radius 3 is 2.75 bits per heavy atom. The molecular weight excluding hydrogens is 252 g/mol. The Kier molecular flexibility index (Phi) is 5.59. The molecule has 0 bridgehead atoms. The molecule has 0 radical (unpaired) electrons. The molecule has 0 atom stereocenters. The quantitative estimate of drug-likeness (QED) is 0.792. The second-order valence-corrected chi connectivity index (χ2v) is 5.29. The standard InChI is InChI=1S/C15H26N4O/c1-4-9-16-13-10-15(19(3)12-7-6-8-12)18-14(17-13)11-20-5-2/h10,12H,4-9,11H2,1-3H3,(H,16,17,18). The summed E-state index contributed by atoms with van der Waals surface area (Å²) in [6, 6.07) is 2.67. The van der Waals surface area contributed by atoms with E-state index in [9.17, 15) is 0 Å². The molecule has 112 valence electrons. The van der Waals surface area contributed by atoms with Gasteiger partial charge in [0.05, 0.1) is 0 Å². The van der Waals surface area contributed by atoms with Crippen LogP contribution in [0.2, 0.25) is 0 Å². The van der Waals surface area contributed by atoms with Gasteiger partial charge in [0.2, 0.25) is 0 Å². The van der Waals surface area contributed by atoms with Crippen molar-refractivity contribution in [2.75, 3.05) is 30.4 Å². The number of ether oxygens (including phenoxy) is 1. The normalized spacial score (nSPS) is 14.9. The molecule has 1 aliphatic carbocycles. The lowest BCUT2D eigenvalue weighted by molar-refractivity contribution is 0.128. The molecule has 0 aromatic carbocycles. The molecule has 1 heterocycles. The molecule has 0 spiro atoms. The first-order valence-corrected chi connectivity index (χ1v) is 7.67. The summed E-state index contributed by atoms with van der Waals surface area (Å²) < 4.78 is 5.44. The Balaban J connectivity index is 2.14. The molecule has 0 unspecified atom stereocenters. The minimum absolute atomic E-state index is 0.476. The average molecular weight is 278 g/mol. The van der Waals surface area contributed by atoms with E-state index in [0.29, 0.717) is 19.3 Å². The average Bonchev–Trinajstić information content (AvgIpc) is 2.40. The van der Waals surface area contributed by atoms with Crippen molar-refractivity contribution < 1.29 is 4.74 Å². The maximum Gasteiger partial charge on any atom is 0.158 e. The van der Waals surface area contributed by atoms with Crippen molar-refractivity contribution in [2.24, 2.45) is 0 Å². The van der Waals surface area contributed by atoms with Crippen molar-refractivity contribution in [3.05, 3.63) is 11.9 Å². The Morgan fingerprint density at radius 2 is 2.15 bits per heavy atom. The number of aromatic nitrogens is 2. The van der Waals surface area contributed by atoms with Crippen LogP contribution >= 0.6 is 0 Å². The van der Waals surface area contributed by atoms with Crippen molar-refractivity contribution in [3.8, 4) is 0 Å². The minimum atomic E-state index is 0.476. The molecule has 0 saturated heterocycles. The molecule has 1 aliphatic rings. The van der Waals surface area contributed by atoms with E-state index in [0.717, 1.165) is 30.4 Å². The van der Waals surface area contributed by atoms with Gasteiger partial charge in [-0.3, -0.25) is 0 Å². The zero-order valence-corrected chi connectivity index (χ0v) is 12.9. The molecule has 1 aromatic rings. The van der Waals surface area contributed by atoms with Gasteiger partial charge in [-0.05, 0) is 32.6 Å². The topological polar surface area (TPSA) is 50.3 Å². The van der Waals surface area contributed by atoms with Crippen LogP contribution in [-0.2, 0) is 11.3 Å². The zero-order valence-electron chi connectivity index (χ0n) is 12.9. The maximum atomic E-state index is 5.44. The van der Waals surface area contributed by atoms with E-state index in [2.05, 4.69) is 34.2 Å². The summed E-state index contributed by atoms with van der Waals surface area (Å²) in [5.41, 5.74) is 0. The van der Waals surface area contributed by atoms with Gasteiger partial charge in [-0.2, -0.15) is 0 Å². The molecule has 2 rings (SSSR count). The summed E-state index contributed by atoms with van der Waals surface area (Å²) >= 11 is 0. The molecule has 5 nitrogen and oxygen atoms in total. The van der Waals surface area contributed by atoms with Gasteiger partial charge in [0, 0.05) is 32.3 Å². The van der Waals surface area contributed by atoms with Crippen LogP contribution in [0.3, 0.4) is 0 Å². The van der Waals surface area contributed by atoms with Gasteiger partial charge in [-0.1, -0.05) is 6.92 Å². The Hall–Kier alpha value is -1.36. The predicted octanol–water partition coefficient (Wildman–Crippen LogP) is 2.82. The Morgan fingerprint density at radius 1 is 1.35 bits per heavy atom. The fraction of sp³-hybridized carbons (Fsp3) is 0.733. The molecule has 1 saturated carbocycles. The lowest BCUT2D eigenvalue weighted by Crippen LogP contribution is -2.37. The van der Waals surface area contributed by atoms with E-state index in [1.54, 1.807) is 0 Å². The van der Waals surface area contributed by atoms with Crippen LogP contribution in [0.25, 0.3) is 0 Å². The fourth-order valence-electron chi connectivity index (χ4n) is 2.23. The van der Waals surface area contributed by atoms with Crippen LogP contribution in [0, 0.1) is 0 Å². The molecule has 0 aliphatic heterocycles. The highest BCUT2D eigenvalue weighted by Crippen LogP contribution is 2.28. The van der Waals surface area contributed by atoms with Crippen LogP contribution in [0.5, 0.6) is 0 Å². The lowest BCUT2D eigenvalue weighted by Gasteiger charge is -2.35. The predicted molar refractivity (Wildman–Crippen MR) is 82.2 cm³/mol. The molecule has 1 aromatic heterocycles. The summed E-state index contributed by atoms with van der Waals surface area (Å²) in [6.07, 6.45) is 4.93. The van der Waals surface area contributed by atoms with Gasteiger partial charge in [-0.25, -0.2) is 9.97 Å². The van der Waals surface area contributed by atoms with Gasteiger partial charge < -0.3 is 15.0 Å². The van der Waals surface area contributed by atoms with Crippen LogP contribution in [0.1, 0.15) is 45.4 Å². The first-order chi connectivity index (χ1) is 9.74. The third kappa shape index (κ3) is 3.82. The van der Waals surface area contributed by atoms with Crippen molar-refractivity contribution in [2.45, 2.75) is 52.2 Å². The number of hydrogen-bond acceptors (Lipinski definition) is 5. The number of nitrogens with one attached hydrogen (secondary N) is 1. The van der Waals surface area contributed by atoms with Crippen molar-refractivity contribution in [3.63, 3.8) is 0 Å². The molecule has 0 amide bonds. The van der Waals surface area contributed by atoms with Crippen molar-refractivity contribution >= 4 is 11.6 Å². The number of hydrogen-bond donors (Lipinski definition) is 1. The Labute approximate surface area is 121 Å². The number of nitrogens with zero attached hydrogens (tertiary/aromatic N) is 3. The van der Waals surface area contributed by atoms with E-state index in [-0.39, 0.29) is 0 Å². The summed E-state index contributed by atoms with van der Waals surface area (Å²) in [5, 5.41) is 3.35. The van der Waals surface area contributed by atoms with Gasteiger partial charge in [0.25, 0.3) is 0 Å². The van der Waals surface area contributed by atoms with E-state index < -0.39 is 0 Å². The zero-order chi connectivity index (χ0) is 14.4. The second-order valence-electron chi connectivity index (χ2n) is 5.29. The van der Waals surface area contributed by atoms with Crippen LogP contribution in [-0.4, -0.2) is 36.2 Å². The first kappa shape index (κ1) is 15.0. The molecule has 1 N–H and O–H groups in total. The minimum Gasteiger partial charge on any atom is -0.374 e. The molecule has 5 heteroatoms. The van der Waals surface area contributed by atoms with Crippen LogP contribution in [0.4, 0.5) is 11.6 Å². The molecule has 1 fully saturated rings. The molecule has 20 heavy (non-hydrogen) atoms. The number of rotatable bonds is 8. The summed E-state index contributed by atoms with van der Waals surface area (Å²) in [5.74, 6) is 2.66. The SMILES string of the molecule is CCCNc1cc(N(C)C2CCC2)nc(COCC)n1.